The molecule has 0 unspecified atom stereocenters. The van der Waals surface area contributed by atoms with Crippen LogP contribution in [0, 0.1) is 0 Å². The predicted octanol–water partition coefficient (Wildman–Crippen LogP) is 13.2. The van der Waals surface area contributed by atoms with Crippen molar-refractivity contribution in [3.8, 4) is 51.0 Å². The molecule has 11 aromatic rings. The summed E-state index contributed by atoms with van der Waals surface area (Å²) in [5.74, 6) is 1.89. The van der Waals surface area contributed by atoms with E-state index in [0.29, 0.717) is 17.5 Å². The van der Waals surface area contributed by atoms with Crippen molar-refractivity contribution in [2.45, 2.75) is 0 Å². The molecule has 4 nitrogen and oxygen atoms in total. The number of para-hydroxylation sites is 2. The first-order valence-corrected chi connectivity index (χ1v) is 18.9. The van der Waals surface area contributed by atoms with E-state index in [1.54, 1.807) is 0 Å². The maximum atomic E-state index is 5.30. The second-order valence-corrected chi connectivity index (χ2v) is 14.7. The van der Waals surface area contributed by atoms with Gasteiger partial charge in [-0.25, -0.2) is 15.0 Å². The molecule has 0 radical (unpaired) electrons. The quantitative estimate of drug-likeness (QED) is 0.179. The van der Waals surface area contributed by atoms with Crippen LogP contribution in [0.3, 0.4) is 0 Å². The first-order chi connectivity index (χ1) is 26.7. The molecule has 0 saturated carbocycles. The van der Waals surface area contributed by atoms with Crippen molar-refractivity contribution in [3.63, 3.8) is 0 Å². The number of aromatic nitrogens is 4. The van der Waals surface area contributed by atoms with E-state index in [0.717, 1.165) is 44.5 Å². The van der Waals surface area contributed by atoms with Gasteiger partial charge in [-0.3, -0.25) is 0 Å². The number of rotatable bonds is 5. The zero-order chi connectivity index (χ0) is 35.6. The van der Waals surface area contributed by atoms with Crippen LogP contribution in [0.1, 0.15) is 0 Å². The molecule has 0 amide bonds. The van der Waals surface area contributed by atoms with Crippen molar-refractivity contribution in [1.82, 2.24) is 19.5 Å². The second-order valence-electron chi connectivity index (χ2n) is 13.6. The Hall–Kier alpha value is -6.95. The molecule has 0 aliphatic rings. The summed E-state index contributed by atoms with van der Waals surface area (Å²) in [5.41, 5.74) is 8.37. The smallest absolute Gasteiger partial charge is 0.166 e. The first-order valence-electron chi connectivity index (χ1n) is 18.1. The lowest BCUT2D eigenvalue weighted by Gasteiger charge is -2.15. The highest BCUT2D eigenvalue weighted by atomic mass is 32.1. The number of benzene rings is 8. The van der Waals surface area contributed by atoms with Crippen molar-refractivity contribution in [3.05, 3.63) is 182 Å². The summed E-state index contributed by atoms with van der Waals surface area (Å²) in [6.45, 7) is 0. The number of hydrogen-bond donors (Lipinski definition) is 0. The SMILES string of the molecule is c1ccc(-c2cccc(-c3nc(-c4ccc5sc6ccccc6c5c4)nc(-c4ccccc4-n4c5ccccc5c5cc6ccccc6cc54)n3)c2)cc1. The molecule has 11 rings (SSSR count). The van der Waals surface area contributed by atoms with Crippen LogP contribution in [0.25, 0.3) is 104 Å². The molecular weight excluding hydrogens is 677 g/mol. The fourth-order valence-corrected chi connectivity index (χ4v) is 8.95. The summed E-state index contributed by atoms with van der Waals surface area (Å²) >= 11 is 1.81. The average molecular weight is 707 g/mol. The van der Waals surface area contributed by atoms with Gasteiger partial charge in [0.25, 0.3) is 0 Å². The summed E-state index contributed by atoms with van der Waals surface area (Å²) in [4.78, 5) is 15.8. The Morgan fingerprint density at radius 2 is 0.981 bits per heavy atom. The largest absolute Gasteiger partial charge is 0.308 e. The molecule has 8 aromatic carbocycles. The van der Waals surface area contributed by atoms with Gasteiger partial charge in [0.2, 0.25) is 0 Å². The van der Waals surface area contributed by atoms with Gasteiger partial charge in [0, 0.05) is 47.6 Å². The van der Waals surface area contributed by atoms with Crippen LogP contribution in [0.15, 0.2) is 182 Å². The summed E-state index contributed by atoms with van der Waals surface area (Å²) in [6.07, 6.45) is 0. The van der Waals surface area contributed by atoms with Crippen LogP contribution in [-0.2, 0) is 0 Å². The molecule has 0 saturated heterocycles. The third kappa shape index (κ3) is 5.01. The van der Waals surface area contributed by atoms with Gasteiger partial charge >= 0.3 is 0 Å². The average Bonchev–Trinajstić information content (AvgIpc) is 3.78. The van der Waals surface area contributed by atoms with E-state index in [1.165, 1.54) is 41.7 Å². The molecule has 3 heterocycles. The van der Waals surface area contributed by atoms with Gasteiger partial charge in [-0.15, -0.1) is 11.3 Å². The van der Waals surface area contributed by atoms with Crippen molar-refractivity contribution in [2.75, 3.05) is 0 Å². The van der Waals surface area contributed by atoms with Crippen LogP contribution < -0.4 is 0 Å². The zero-order valence-corrected chi connectivity index (χ0v) is 29.8. The topological polar surface area (TPSA) is 43.6 Å². The Balaban J connectivity index is 1.16. The van der Waals surface area contributed by atoms with Gasteiger partial charge in [-0.1, -0.05) is 121 Å². The molecule has 0 spiro atoms. The highest BCUT2D eigenvalue weighted by Gasteiger charge is 2.20. The monoisotopic (exact) mass is 706 g/mol. The van der Waals surface area contributed by atoms with E-state index in [4.69, 9.17) is 15.0 Å². The lowest BCUT2D eigenvalue weighted by atomic mass is 10.0. The lowest BCUT2D eigenvalue weighted by molar-refractivity contribution is 1.07. The van der Waals surface area contributed by atoms with Crippen LogP contribution in [0.5, 0.6) is 0 Å². The van der Waals surface area contributed by atoms with E-state index in [9.17, 15) is 0 Å². The van der Waals surface area contributed by atoms with Crippen LogP contribution in [0.4, 0.5) is 0 Å². The van der Waals surface area contributed by atoms with Gasteiger partial charge in [0.1, 0.15) is 0 Å². The number of hydrogen-bond acceptors (Lipinski definition) is 4. The van der Waals surface area contributed by atoms with Crippen molar-refractivity contribution in [1.29, 1.82) is 0 Å². The Morgan fingerprint density at radius 1 is 0.352 bits per heavy atom. The molecule has 0 aliphatic heterocycles. The van der Waals surface area contributed by atoms with Crippen molar-refractivity contribution in [2.24, 2.45) is 0 Å². The van der Waals surface area contributed by atoms with Crippen molar-refractivity contribution < 1.29 is 0 Å². The standard InChI is InChI=1S/C49H30N4S/c1-2-13-31(14-3-1)32-17-12-18-35(27-32)47-50-48(36-25-26-46-41(29-36)38-20-8-11-24-45(38)54-46)52-49(51-47)39-21-7-10-23-43(39)53-42-22-9-6-19-37(42)40-28-33-15-4-5-16-34(33)30-44(40)53/h1-30H. The molecule has 0 fully saturated rings. The van der Waals surface area contributed by atoms with Crippen LogP contribution in [-0.4, -0.2) is 19.5 Å². The minimum absolute atomic E-state index is 0.623. The fourth-order valence-electron chi connectivity index (χ4n) is 7.86. The second kappa shape index (κ2) is 12.3. The summed E-state index contributed by atoms with van der Waals surface area (Å²) in [6, 6.07) is 64.5. The van der Waals surface area contributed by atoms with Crippen LogP contribution in [0.2, 0.25) is 0 Å². The maximum Gasteiger partial charge on any atom is 0.166 e. The summed E-state index contributed by atoms with van der Waals surface area (Å²) in [7, 11) is 0. The molecule has 54 heavy (non-hydrogen) atoms. The molecule has 0 atom stereocenters. The Kier molecular flexibility index (Phi) is 7.00. The molecule has 3 aromatic heterocycles. The van der Waals surface area contributed by atoms with Gasteiger partial charge in [0.05, 0.1) is 16.7 Å². The normalized spacial score (nSPS) is 11.7. The summed E-state index contributed by atoms with van der Waals surface area (Å²) in [5, 5.41) is 7.30. The van der Waals surface area contributed by atoms with E-state index >= 15 is 0 Å². The van der Waals surface area contributed by atoms with Gasteiger partial charge in [-0.05, 0) is 82.6 Å². The molecule has 0 aliphatic carbocycles. The van der Waals surface area contributed by atoms with Crippen LogP contribution >= 0.6 is 11.3 Å². The van der Waals surface area contributed by atoms with Crippen molar-refractivity contribution >= 4 is 64.1 Å². The third-order valence-electron chi connectivity index (χ3n) is 10.4. The molecular formula is C49H30N4S. The fraction of sp³-hybridized carbons (Fsp3) is 0. The molecule has 5 heteroatoms. The van der Waals surface area contributed by atoms with E-state index in [2.05, 4.69) is 180 Å². The van der Waals surface area contributed by atoms with Gasteiger partial charge in [-0.2, -0.15) is 0 Å². The highest BCUT2D eigenvalue weighted by Crippen LogP contribution is 2.39. The minimum atomic E-state index is 0.623. The molecule has 0 bridgehead atoms. The van der Waals surface area contributed by atoms with Gasteiger partial charge < -0.3 is 4.57 Å². The minimum Gasteiger partial charge on any atom is -0.308 e. The highest BCUT2D eigenvalue weighted by molar-refractivity contribution is 7.25. The predicted molar refractivity (Wildman–Crippen MR) is 226 cm³/mol. The van der Waals surface area contributed by atoms with E-state index in [-0.39, 0.29) is 0 Å². The maximum absolute atomic E-state index is 5.30. The molecule has 252 valence electrons. The van der Waals surface area contributed by atoms with E-state index < -0.39 is 0 Å². The summed E-state index contributed by atoms with van der Waals surface area (Å²) < 4.78 is 4.89. The van der Waals surface area contributed by atoms with Gasteiger partial charge in [0.15, 0.2) is 17.5 Å². The third-order valence-corrected chi connectivity index (χ3v) is 11.6. The zero-order valence-electron chi connectivity index (χ0n) is 29.0. The first kappa shape index (κ1) is 30.7. The van der Waals surface area contributed by atoms with E-state index in [1.807, 2.05) is 17.4 Å². The molecule has 0 N–H and O–H groups in total. The number of fused-ring (bicyclic) bond motifs is 7. The Labute approximate surface area is 315 Å². The lowest BCUT2D eigenvalue weighted by Crippen LogP contribution is -2.03. The number of nitrogens with zero attached hydrogens (tertiary/aromatic N) is 4. The Bertz CT molecular complexity index is 3230. The Morgan fingerprint density at radius 3 is 1.85 bits per heavy atom. The number of thiophene rings is 1.